The van der Waals surface area contributed by atoms with Crippen molar-refractivity contribution in [2.75, 3.05) is 12.8 Å². The molecule has 1 aromatic rings. The van der Waals surface area contributed by atoms with Crippen LogP contribution in [0.1, 0.15) is 19.4 Å². The highest BCUT2D eigenvalue weighted by atomic mass is 32.2. The second-order valence-corrected chi connectivity index (χ2v) is 5.77. The van der Waals surface area contributed by atoms with Crippen molar-refractivity contribution in [1.29, 1.82) is 0 Å². The third-order valence-electron chi connectivity index (χ3n) is 2.46. The smallest absolute Gasteiger partial charge is 0.126 e. The molecule has 1 nitrogen and oxygen atoms in total. The zero-order valence-corrected chi connectivity index (χ0v) is 11.0. The van der Waals surface area contributed by atoms with E-state index in [0.717, 1.165) is 17.7 Å². The van der Waals surface area contributed by atoms with Gasteiger partial charge in [0.2, 0.25) is 0 Å². The van der Waals surface area contributed by atoms with E-state index in [0.29, 0.717) is 11.3 Å². The molecule has 16 heavy (non-hydrogen) atoms. The van der Waals surface area contributed by atoms with Gasteiger partial charge in [-0.05, 0) is 30.3 Å². The van der Waals surface area contributed by atoms with Gasteiger partial charge in [0.25, 0.3) is 0 Å². The largest absolute Gasteiger partial charge is 0.316 e. The third kappa shape index (κ3) is 4.54. The fourth-order valence-corrected chi connectivity index (χ4v) is 2.38. The lowest BCUT2D eigenvalue weighted by Crippen LogP contribution is -2.30. The van der Waals surface area contributed by atoms with Crippen molar-refractivity contribution in [3.63, 3.8) is 0 Å². The Labute approximate surface area is 102 Å². The van der Waals surface area contributed by atoms with Crippen LogP contribution in [-0.2, 0) is 6.42 Å². The minimum atomic E-state index is -0.0997. The molecule has 0 aliphatic rings. The van der Waals surface area contributed by atoms with Crippen LogP contribution in [0.5, 0.6) is 0 Å². The molecule has 1 unspecified atom stereocenters. The fraction of sp³-hybridized carbons (Fsp3) is 0.538. The van der Waals surface area contributed by atoms with Gasteiger partial charge in [-0.15, -0.1) is 0 Å². The summed E-state index contributed by atoms with van der Waals surface area (Å²) in [5.41, 5.74) is 0.797. The van der Waals surface area contributed by atoms with Crippen LogP contribution >= 0.6 is 11.8 Å². The molecule has 0 aliphatic carbocycles. The number of halogens is 1. The summed E-state index contributed by atoms with van der Waals surface area (Å²) in [5.74, 6) is 0.917. The summed E-state index contributed by atoms with van der Waals surface area (Å²) in [7, 11) is 1.94. The van der Waals surface area contributed by atoms with E-state index in [1.165, 1.54) is 6.07 Å². The molecule has 1 atom stereocenters. The molecule has 90 valence electrons. The Kier molecular flexibility index (Phi) is 5.85. The molecule has 0 saturated carbocycles. The third-order valence-corrected chi connectivity index (χ3v) is 3.72. The lowest BCUT2D eigenvalue weighted by Gasteiger charge is -2.17. The number of benzene rings is 1. The van der Waals surface area contributed by atoms with Gasteiger partial charge in [-0.2, -0.15) is 11.8 Å². The maximum atomic E-state index is 13.5. The standard InChI is InChI=1S/C13H20FNS/c1-10(2)16-9-12(15-3)8-11-6-4-5-7-13(11)14/h4-7,10,12,15H,8-9H2,1-3H3. The zero-order chi connectivity index (χ0) is 12.0. The maximum Gasteiger partial charge on any atom is 0.126 e. The molecular formula is C13H20FNS. The number of nitrogens with one attached hydrogen (secondary N) is 1. The average molecular weight is 241 g/mol. The predicted molar refractivity (Wildman–Crippen MR) is 70.5 cm³/mol. The average Bonchev–Trinajstić information content (AvgIpc) is 2.26. The second-order valence-electron chi connectivity index (χ2n) is 4.16. The molecule has 0 radical (unpaired) electrons. The maximum absolute atomic E-state index is 13.5. The van der Waals surface area contributed by atoms with Crippen LogP contribution < -0.4 is 5.32 Å². The van der Waals surface area contributed by atoms with Gasteiger partial charge in [0.15, 0.2) is 0 Å². The Morgan fingerprint density at radius 1 is 1.31 bits per heavy atom. The van der Waals surface area contributed by atoms with Crippen molar-refractivity contribution in [1.82, 2.24) is 5.32 Å². The monoisotopic (exact) mass is 241 g/mol. The van der Waals surface area contributed by atoms with Crippen molar-refractivity contribution in [3.05, 3.63) is 35.6 Å². The van der Waals surface area contributed by atoms with E-state index in [4.69, 9.17) is 0 Å². The van der Waals surface area contributed by atoms with Crippen LogP contribution in [0.3, 0.4) is 0 Å². The lowest BCUT2D eigenvalue weighted by molar-refractivity contribution is 0.568. The molecule has 3 heteroatoms. The van der Waals surface area contributed by atoms with Gasteiger partial charge in [0, 0.05) is 11.8 Å². The molecule has 1 N–H and O–H groups in total. The van der Waals surface area contributed by atoms with Gasteiger partial charge >= 0.3 is 0 Å². The topological polar surface area (TPSA) is 12.0 Å². The van der Waals surface area contributed by atoms with Crippen molar-refractivity contribution >= 4 is 11.8 Å². The molecular weight excluding hydrogens is 221 g/mol. The van der Waals surface area contributed by atoms with Crippen LogP contribution in [0.4, 0.5) is 4.39 Å². The normalized spacial score (nSPS) is 13.1. The number of hydrogen-bond acceptors (Lipinski definition) is 2. The molecule has 0 spiro atoms. The number of thioether (sulfide) groups is 1. The molecule has 0 heterocycles. The van der Waals surface area contributed by atoms with Crippen molar-refractivity contribution in [3.8, 4) is 0 Å². The SMILES string of the molecule is CNC(CSC(C)C)Cc1ccccc1F. The zero-order valence-electron chi connectivity index (χ0n) is 10.2. The highest BCUT2D eigenvalue weighted by Gasteiger charge is 2.10. The first kappa shape index (κ1) is 13.5. The summed E-state index contributed by atoms with van der Waals surface area (Å²) in [6.45, 7) is 4.36. The second kappa shape index (κ2) is 6.92. The van der Waals surface area contributed by atoms with Crippen LogP contribution in [0.25, 0.3) is 0 Å². The molecule has 0 bridgehead atoms. The van der Waals surface area contributed by atoms with E-state index in [1.54, 1.807) is 6.07 Å². The Balaban J connectivity index is 2.53. The first-order valence-electron chi connectivity index (χ1n) is 5.65. The summed E-state index contributed by atoms with van der Waals surface area (Å²) in [6.07, 6.45) is 0.753. The van der Waals surface area contributed by atoms with Crippen molar-refractivity contribution < 1.29 is 4.39 Å². The Morgan fingerprint density at radius 2 is 2.00 bits per heavy atom. The summed E-state index contributed by atoms with van der Waals surface area (Å²) in [4.78, 5) is 0. The minimum Gasteiger partial charge on any atom is -0.316 e. The first-order valence-corrected chi connectivity index (χ1v) is 6.70. The van der Waals surface area contributed by atoms with Gasteiger partial charge in [-0.25, -0.2) is 4.39 Å². The number of hydrogen-bond donors (Lipinski definition) is 1. The van der Waals surface area contributed by atoms with E-state index < -0.39 is 0 Å². The Morgan fingerprint density at radius 3 is 2.56 bits per heavy atom. The Bertz CT molecular complexity index is 315. The van der Waals surface area contributed by atoms with Crippen molar-refractivity contribution in [2.45, 2.75) is 31.6 Å². The van der Waals surface area contributed by atoms with E-state index in [-0.39, 0.29) is 5.82 Å². The molecule has 0 fully saturated rings. The summed E-state index contributed by atoms with van der Waals surface area (Å²) in [6, 6.07) is 7.35. The minimum absolute atomic E-state index is 0.0997. The molecule has 0 amide bonds. The Hall–Kier alpha value is -0.540. The molecule has 0 aromatic heterocycles. The van der Waals surface area contributed by atoms with E-state index in [1.807, 2.05) is 30.9 Å². The van der Waals surface area contributed by atoms with E-state index in [9.17, 15) is 4.39 Å². The number of likely N-dealkylation sites (N-methyl/N-ethyl adjacent to an activating group) is 1. The van der Waals surface area contributed by atoms with Gasteiger partial charge < -0.3 is 5.32 Å². The molecule has 0 aliphatic heterocycles. The molecule has 1 aromatic carbocycles. The first-order chi connectivity index (χ1) is 7.63. The van der Waals surface area contributed by atoms with E-state index in [2.05, 4.69) is 19.2 Å². The highest BCUT2D eigenvalue weighted by Crippen LogP contribution is 2.15. The van der Waals surface area contributed by atoms with Crippen LogP contribution in [0, 0.1) is 5.82 Å². The van der Waals surface area contributed by atoms with Gasteiger partial charge in [0.05, 0.1) is 0 Å². The van der Waals surface area contributed by atoms with E-state index >= 15 is 0 Å². The van der Waals surface area contributed by atoms with Crippen LogP contribution in [0.15, 0.2) is 24.3 Å². The number of rotatable bonds is 6. The van der Waals surface area contributed by atoms with Gasteiger partial charge in [0.1, 0.15) is 5.82 Å². The van der Waals surface area contributed by atoms with Crippen molar-refractivity contribution in [2.24, 2.45) is 0 Å². The summed E-state index contributed by atoms with van der Waals surface area (Å²) >= 11 is 1.90. The summed E-state index contributed by atoms with van der Waals surface area (Å²) in [5, 5.41) is 3.87. The lowest BCUT2D eigenvalue weighted by atomic mass is 10.1. The predicted octanol–water partition coefficient (Wildman–Crippen LogP) is 3.10. The quantitative estimate of drug-likeness (QED) is 0.821. The van der Waals surface area contributed by atoms with Gasteiger partial charge in [-0.1, -0.05) is 32.0 Å². The van der Waals surface area contributed by atoms with Gasteiger partial charge in [-0.3, -0.25) is 0 Å². The van der Waals surface area contributed by atoms with Crippen LogP contribution in [-0.4, -0.2) is 24.1 Å². The van der Waals surface area contributed by atoms with Crippen LogP contribution in [0.2, 0.25) is 0 Å². The molecule has 1 rings (SSSR count). The fourth-order valence-electron chi connectivity index (χ4n) is 1.48. The molecule has 0 saturated heterocycles. The highest BCUT2D eigenvalue weighted by molar-refractivity contribution is 7.99. The summed E-state index contributed by atoms with van der Waals surface area (Å²) < 4.78 is 13.5.